The Morgan fingerprint density at radius 2 is 2.04 bits per heavy atom. The molecule has 2 rings (SSSR count). The number of aliphatic carboxylic acids is 2. The van der Waals surface area contributed by atoms with E-state index in [4.69, 9.17) is 10.8 Å². The molecule has 142 valence electrons. The quantitative estimate of drug-likeness (QED) is 0.467. The highest BCUT2D eigenvalue weighted by Gasteiger charge is 2.31. The van der Waals surface area contributed by atoms with Crippen molar-refractivity contribution in [1.82, 2.24) is 5.32 Å². The average Bonchev–Trinajstić information content (AvgIpc) is 2.71. The third-order valence-corrected chi connectivity index (χ3v) is 5.20. The number of unbranched alkanes of at least 4 members (excludes halogenated alkanes) is 1. The molecule has 1 amide bonds. The van der Waals surface area contributed by atoms with Gasteiger partial charge in [-0.05, 0) is 31.5 Å². The number of hydrogen-bond donors (Lipinski definition) is 4. The predicted octanol–water partition coefficient (Wildman–Crippen LogP) is 1.10. The van der Waals surface area contributed by atoms with Crippen LogP contribution in [0, 0.1) is 0 Å². The van der Waals surface area contributed by atoms with Crippen LogP contribution in [-0.2, 0) is 14.4 Å². The van der Waals surface area contributed by atoms with Crippen LogP contribution in [0.2, 0.25) is 0 Å². The van der Waals surface area contributed by atoms with E-state index in [0.717, 1.165) is 11.3 Å². The van der Waals surface area contributed by atoms with E-state index in [-0.39, 0.29) is 12.3 Å². The summed E-state index contributed by atoms with van der Waals surface area (Å²) in [4.78, 5) is 37.2. The molecule has 1 aromatic carbocycles. The van der Waals surface area contributed by atoms with Crippen molar-refractivity contribution >= 4 is 35.3 Å². The number of carbonyl (C=O) groups excluding carboxylic acids is 1. The standard InChI is InChI=1S/C17H23N3O5S/c18-8-4-3-5-11(17(24)25)19-14-9-15(21)20(10-16(22)23)12-6-1-2-7-13(12)26-14/h1-2,6-7,11,14,19H,3-5,8-10,18H2,(H,22,23)(H,24,25). The summed E-state index contributed by atoms with van der Waals surface area (Å²) in [6.45, 7) is 0.0719. The number of nitrogens with one attached hydrogen (secondary N) is 1. The molecule has 0 radical (unpaired) electrons. The lowest BCUT2D eigenvalue weighted by Crippen LogP contribution is -2.44. The molecule has 0 bridgehead atoms. The van der Waals surface area contributed by atoms with Crippen molar-refractivity contribution in [2.45, 2.75) is 42.0 Å². The molecule has 2 unspecified atom stereocenters. The molecule has 0 fully saturated rings. The molecule has 1 aliphatic rings. The van der Waals surface area contributed by atoms with Crippen molar-refractivity contribution < 1.29 is 24.6 Å². The Bertz CT molecular complexity index is 670. The van der Waals surface area contributed by atoms with Crippen LogP contribution in [0.5, 0.6) is 0 Å². The Morgan fingerprint density at radius 1 is 1.31 bits per heavy atom. The van der Waals surface area contributed by atoms with Crippen LogP contribution in [0.15, 0.2) is 29.2 Å². The Morgan fingerprint density at radius 3 is 2.69 bits per heavy atom. The lowest BCUT2D eigenvalue weighted by molar-refractivity contribution is -0.140. The molecule has 1 aliphatic heterocycles. The van der Waals surface area contributed by atoms with E-state index in [1.54, 1.807) is 24.3 Å². The third-order valence-electron chi connectivity index (χ3n) is 4.01. The Balaban J connectivity index is 2.18. The average molecular weight is 381 g/mol. The number of nitrogens with zero attached hydrogens (tertiary/aromatic N) is 1. The molecule has 0 saturated heterocycles. The van der Waals surface area contributed by atoms with Gasteiger partial charge in [0.1, 0.15) is 12.6 Å². The summed E-state index contributed by atoms with van der Waals surface area (Å²) in [7, 11) is 0. The lowest BCUT2D eigenvalue weighted by Gasteiger charge is -2.21. The number of rotatable bonds is 9. The summed E-state index contributed by atoms with van der Waals surface area (Å²) in [6, 6.07) is 6.24. The molecule has 0 aliphatic carbocycles. The minimum atomic E-state index is -1.10. The highest BCUT2D eigenvalue weighted by Crippen LogP contribution is 2.37. The van der Waals surface area contributed by atoms with Crippen LogP contribution in [0.25, 0.3) is 0 Å². The third kappa shape index (κ3) is 5.45. The zero-order valence-corrected chi connectivity index (χ0v) is 15.1. The monoisotopic (exact) mass is 381 g/mol. The van der Waals surface area contributed by atoms with E-state index in [2.05, 4.69) is 5.32 Å². The van der Waals surface area contributed by atoms with Gasteiger partial charge in [-0.1, -0.05) is 18.6 Å². The summed E-state index contributed by atoms with van der Waals surface area (Å²) in [5.74, 6) is -2.43. The fourth-order valence-corrected chi connectivity index (χ4v) is 4.00. The van der Waals surface area contributed by atoms with E-state index in [9.17, 15) is 19.5 Å². The first-order valence-corrected chi connectivity index (χ1v) is 9.27. The number of benzene rings is 1. The molecule has 0 aromatic heterocycles. The smallest absolute Gasteiger partial charge is 0.323 e. The second-order valence-corrected chi connectivity index (χ2v) is 7.24. The van der Waals surface area contributed by atoms with Crippen molar-refractivity contribution in [2.24, 2.45) is 5.73 Å². The lowest BCUT2D eigenvalue weighted by atomic mass is 10.1. The van der Waals surface area contributed by atoms with Crippen molar-refractivity contribution in [3.8, 4) is 0 Å². The maximum Gasteiger partial charge on any atom is 0.323 e. The summed E-state index contributed by atoms with van der Waals surface area (Å²) >= 11 is 1.34. The first-order valence-electron chi connectivity index (χ1n) is 8.39. The van der Waals surface area contributed by atoms with Gasteiger partial charge in [-0.25, -0.2) is 0 Å². The van der Waals surface area contributed by atoms with E-state index < -0.39 is 29.9 Å². The molecule has 2 atom stereocenters. The number of nitrogens with two attached hydrogens (primary N) is 1. The number of amides is 1. The number of carboxylic acids is 2. The molecule has 5 N–H and O–H groups in total. The summed E-state index contributed by atoms with van der Waals surface area (Å²) < 4.78 is 0. The van der Waals surface area contributed by atoms with Crippen LogP contribution in [-0.4, -0.2) is 52.6 Å². The van der Waals surface area contributed by atoms with Gasteiger partial charge in [0.25, 0.3) is 0 Å². The zero-order valence-electron chi connectivity index (χ0n) is 14.3. The second-order valence-electron chi connectivity index (χ2n) is 5.99. The van der Waals surface area contributed by atoms with Gasteiger partial charge >= 0.3 is 11.9 Å². The number of carboxylic acid groups (broad SMARTS) is 2. The molecule has 1 aromatic rings. The normalized spacial score (nSPS) is 18.1. The van der Waals surface area contributed by atoms with Gasteiger partial charge in [0.15, 0.2) is 0 Å². The number of carbonyl (C=O) groups is 3. The molecular weight excluding hydrogens is 358 g/mol. The van der Waals surface area contributed by atoms with Gasteiger partial charge < -0.3 is 15.9 Å². The highest BCUT2D eigenvalue weighted by molar-refractivity contribution is 8.00. The predicted molar refractivity (Wildman–Crippen MR) is 98.2 cm³/mol. The Kier molecular flexibility index (Phi) is 7.43. The fraction of sp³-hybridized carbons (Fsp3) is 0.471. The van der Waals surface area contributed by atoms with Crippen LogP contribution < -0.4 is 16.0 Å². The van der Waals surface area contributed by atoms with Gasteiger partial charge in [0.05, 0.1) is 17.5 Å². The molecule has 0 saturated carbocycles. The largest absolute Gasteiger partial charge is 0.480 e. The SMILES string of the molecule is NCCCCC(NC1CC(=O)N(CC(=O)O)c2ccccc2S1)C(=O)O. The maximum absolute atomic E-state index is 12.6. The first kappa shape index (κ1) is 20.2. The highest BCUT2D eigenvalue weighted by atomic mass is 32.2. The molecule has 8 nitrogen and oxygen atoms in total. The fourth-order valence-electron chi connectivity index (χ4n) is 2.77. The van der Waals surface area contributed by atoms with Crippen molar-refractivity contribution in [3.05, 3.63) is 24.3 Å². The second kappa shape index (κ2) is 9.56. The van der Waals surface area contributed by atoms with Crippen LogP contribution in [0.1, 0.15) is 25.7 Å². The molecule has 0 spiro atoms. The number of fused-ring (bicyclic) bond motifs is 1. The minimum absolute atomic E-state index is 0.00724. The van der Waals surface area contributed by atoms with Crippen LogP contribution in [0.4, 0.5) is 5.69 Å². The van der Waals surface area contributed by atoms with E-state index >= 15 is 0 Å². The number of thioether (sulfide) groups is 1. The summed E-state index contributed by atoms with van der Waals surface area (Å²) in [5.41, 5.74) is 5.98. The van der Waals surface area contributed by atoms with E-state index in [1.807, 2.05) is 0 Å². The van der Waals surface area contributed by atoms with Gasteiger partial charge in [0.2, 0.25) is 5.91 Å². The number of anilines is 1. The molecule has 1 heterocycles. The number of hydrogen-bond acceptors (Lipinski definition) is 6. The molecule has 26 heavy (non-hydrogen) atoms. The summed E-state index contributed by atoms with van der Waals surface area (Å²) in [5, 5.41) is 21.1. The van der Waals surface area contributed by atoms with Crippen molar-refractivity contribution in [3.63, 3.8) is 0 Å². The Labute approximate surface area is 155 Å². The summed E-state index contributed by atoms with van der Waals surface area (Å²) in [6.07, 6.45) is 1.83. The Hall–Kier alpha value is -2.10. The van der Waals surface area contributed by atoms with Gasteiger partial charge in [0, 0.05) is 4.90 Å². The van der Waals surface area contributed by atoms with Crippen molar-refractivity contribution in [2.75, 3.05) is 18.0 Å². The van der Waals surface area contributed by atoms with E-state index in [1.165, 1.54) is 16.7 Å². The van der Waals surface area contributed by atoms with Crippen LogP contribution in [0.3, 0.4) is 0 Å². The van der Waals surface area contributed by atoms with Crippen LogP contribution >= 0.6 is 11.8 Å². The minimum Gasteiger partial charge on any atom is -0.480 e. The van der Waals surface area contributed by atoms with E-state index in [0.29, 0.717) is 25.1 Å². The van der Waals surface area contributed by atoms with Crippen molar-refractivity contribution in [1.29, 1.82) is 0 Å². The molecular formula is C17H23N3O5S. The van der Waals surface area contributed by atoms with Gasteiger partial charge in [-0.15, -0.1) is 11.8 Å². The maximum atomic E-state index is 12.6. The topological polar surface area (TPSA) is 133 Å². The van der Waals surface area contributed by atoms with Gasteiger partial charge in [-0.3, -0.25) is 24.6 Å². The first-order chi connectivity index (χ1) is 12.4. The number of para-hydroxylation sites is 1. The van der Waals surface area contributed by atoms with Gasteiger partial charge in [-0.2, -0.15) is 0 Å². The molecule has 9 heteroatoms. The zero-order chi connectivity index (χ0) is 19.1.